The number of rotatable bonds is 6. The van der Waals surface area contributed by atoms with Crippen molar-refractivity contribution in [1.82, 2.24) is 4.98 Å². The first-order valence-electron chi connectivity index (χ1n) is 8.68. The van der Waals surface area contributed by atoms with Crippen molar-refractivity contribution in [1.29, 1.82) is 0 Å². The van der Waals surface area contributed by atoms with Gasteiger partial charge >= 0.3 is 5.97 Å². The zero-order valence-electron chi connectivity index (χ0n) is 15.6. The van der Waals surface area contributed by atoms with E-state index in [-0.39, 0.29) is 17.9 Å². The fraction of sp³-hybridized carbons (Fsp3) is 0.190. The third-order valence-corrected chi connectivity index (χ3v) is 4.34. The fourth-order valence-electron chi connectivity index (χ4n) is 2.82. The summed E-state index contributed by atoms with van der Waals surface area (Å²) in [4.78, 5) is 38.7. The number of H-pyrrole nitrogens is 1. The lowest BCUT2D eigenvalue weighted by atomic mass is 10.1. The summed E-state index contributed by atoms with van der Waals surface area (Å²) in [6.07, 6.45) is 0.465. The molecule has 1 heterocycles. The van der Waals surface area contributed by atoms with Crippen molar-refractivity contribution < 1.29 is 19.1 Å². The number of carbonyl (C=O) groups is 2. The molecule has 0 saturated carbocycles. The van der Waals surface area contributed by atoms with Gasteiger partial charge in [0, 0.05) is 23.7 Å². The summed E-state index contributed by atoms with van der Waals surface area (Å²) in [5.74, 6) is -0.000401. The molecular formula is C21H20N2O5. The number of hydrogen-bond donors (Lipinski definition) is 2. The van der Waals surface area contributed by atoms with Crippen LogP contribution in [0.5, 0.6) is 5.75 Å². The lowest BCUT2D eigenvalue weighted by Crippen LogP contribution is -2.17. The largest absolute Gasteiger partial charge is 0.497 e. The first-order valence-corrected chi connectivity index (χ1v) is 8.68. The first-order chi connectivity index (χ1) is 13.5. The van der Waals surface area contributed by atoms with Crippen LogP contribution in [0.25, 0.3) is 10.9 Å². The first kappa shape index (κ1) is 19.2. The highest BCUT2D eigenvalue weighted by Gasteiger charge is 2.09. The molecule has 0 spiro atoms. The van der Waals surface area contributed by atoms with E-state index in [0.717, 1.165) is 5.39 Å². The van der Waals surface area contributed by atoms with Gasteiger partial charge in [-0.05, 0) is 54.3 Å². The Morgan fingerprint density at radius 1 is 1.04 bits per heavy atom. The second-order valence-electron chi connectivity index (χ2n) is 6.19. The van der Waals surface area contributed by atoms with Gasteiger partial charge < -0.3 is 19.8 Å². The second kappa shape index (κ2) is 8.39. The monoisotopic (exact) mass is 380 g/mol. The maximum atomic E-state index is 12.3. The maximum Gasteiger partial charge on any atom is 0.337 e. The molecule has 0 aliphatic carbocycles. The summed E-state index contributed by atoms with van der Waals surface area (Å²) in [7, 11) is 2.87. The smallest absolute Gasteiger partial charge is 0.337 e. The number of aromatic amines is 1. The number of aryl methyl sites for hydroxylation is 1. The molecule has 1 aromatic heterocycles. The van der Waals surface area contributed by atoms with Crippen LogP contribution in [0.3, 0.4) is 0 Å². The van der Waals surface area contributed by atoms with E-state index in [0.29, 0.717) is 34.5 Å². The van der Waals surface area contributed by atoms with Gasteiger partial charge in [0.2, 0.25) is 5.91 Å². The number of methoxy groups -OCH3 is 2. The summed E-state index contributed by atoms with van der Waals surface area (Å²) in [6.45, 7) is 0. The third-order valence-electron chi connectivity index (χ3n) is 4.34. The van der Waals surface area contributed by atoms with Crippen molar-refractivity contribution in [3.63, 3.8) is 0 Å². The van der Waals surface area contributed by atoms with Gasteiger partial charge in [-0.1, -0.05) is 0 Å². The molecule has 2 N–H and O–H groups in total. The Bertz CT molecular complexity index is 1070. The van der Waals surface area contributed by atoms with Crippen LogP contribution in [-0.2, 0) is 16.0 Å². The number of pyridine rings is 1. The summed E-state index contributed by atoms with van der Waals surface area (Å²) >= 11 is 0. The molecule has 0 aliphatic heterocycles. The Labute approximate surface area is 161 Å². The van der Waals surface area contributed by atoms with Gasteiger partial charge in [0.05, 0.1) is 25.3 Å². The molecule has 1 amide bonds. The van der Waals surface area contributed by atoms with Gasteiger partial charge in [-0.15, -0.1) is 0 Å². The van der Waals surface area contributed by atoms with E-state index in [1.807, 2.05) is 12.1 Å². The molecule has 0 fully saturated rings. The van der Waals surface area contributed by atoms with Crippen molar-refractivity contribution in [3.05, 3.63) is 70.0 Å². The number of esters is 1. The van der Waals surface area contributed by atoms with Crippen molar-refractivity contribution in [2.24, 2.45) is 0 Å². The Morgan fingerprint density at radius 3 is 2.46 bits per heavy atom. The van der Waals surface area contributed by atoms with E-state index >= 15 is 0 Å². The van der Waals surface area contributed by atoms with Crippen molar-refractivity contribution in [2.45, 2.75) is 12.8 Å². The average Bonchev–Trinajstić information content (AvgIpc) is 2.71. The number of nitrogens with one attached hydrogen (secondary N) is 2. The predicted octanol–water partition coefficient (Wildman–Crippen LogP) is 2.89. The minimum atomic E-state index is -0.439. The van der Waals surface area contributed by atoms with Crippen LogP contribution in [-0.4, -0.2) is 31.1 Å². The second-order valence-corrected chi connectivity index (χ2v) is 6.19. The average molecular weight is 380 g/mol. The number of ether oxygens (including phenoxy) is 2. The molecule has 0 radical (unpaired) electrons. The number of anilines is 1. The molecule has 7 heteroatoms. The molecule has 0 bridgehead atoms. The van der Waals surface area contributed by atoms with Gasteiger partial charge in [-0.2, -0.15) is 0 Å². The number of aromatic nitrogens is 1. The fourth-order valence-corrected chi connectivity index (χ4v) is 2.82. The van der Waals surface area contributed by atoms with Crippen LogP contribution in [0.4, 0.5) is 5.69 Å². The number of hydrogen-bond acceptors (Lipinski definition) is 5. The highest BCUT2D eigenvalue weighted by Crippen LogP contribution is 2.19. The normalized spacial score (nSPS) is 10.5. The molecule has 0 aliphatic rings. The van der Waals surface area contributed by atoms with Crippen LogP contribution in [0, 0.1) is 0 Å². The molecule has 144 valence electrons. The summed E-state index contributed by atoms with van der Waals surface area (Å²) < 4.78 is 9.79. The number of amides is 1. The van der Waals surface area contributed by atoms with Gasteiger partial charge in [-0.3, -0.25) is 9.59 Å². The molecule has 2 aromatic carbocycles. The van der Waals surface area contributed by atoms with Crippen LogP contribution < -0.4 is 15.6 Å². The zero-order valence-corrected chi connectivity index (χ0v) is 15.6. The van der Waals surface area contributed by atoms with E-state index < -0.39 is 5.97 Å². The van der Waals surface area contributed by atoms with Crippen LogP contribution in [0.15, 0.2) is 53.3 Å². The molecular weight excluding hydrogens is 360 g/mol. The Morgan fingerprint density at radius 2 is 1.79 bits per heavy atom. The summed E-state index contributed by atoms with van der Waals surface area (Å²) in [5, 5.41) is 3.62. The highest BCUT2D eigenvalue weighted by molar-refractivity contribution is 5.93. The van der Waals surface area contributed by atoms with E-state index in [4.69, 9.17) is 4.74 Å². The van der Waals surface area contributed by atoms with E-state index in [9.17, 15) is 14.4 Å². The lowest BCUT2D eigenvalue weighted by molar-refractivity contribution is -0.116. The Hall–Kier alpha value is -3.61. The van der Waals surface area contributed by atoms with E-state index in [1.54, 1.807) is 43.5 Å². The van der Waals surface area contributed by atoms with Gasteiger partial charge in [0.15, 0.2) is 0 Å². The zero-order chi connectivity index (χ0) is 20.1. The van der Waals surface area contributed by atoms with Crippen LogP contribution >= 0.6 is 0 Å². The maximum absolute atomic E-state index is 12.3. The Balaban J connectivity index is 1.65. The van der Waals surface area contributed by atoms with Gasteiger partial charge in [0.1, 0.15) is 5.75 Å². The van der Waals surface area contributed by atoms with Gasteiger partial charge in [0.25, 0.3) is 5.56 Å². The summed E-state index contributed by atoms with van der Waals surface area (Å²) in [5.41, 5.74) is 1.96. The minimum absolute atomic E-state index is 0.156. The molecule has 3 aromatic rings. The lowest BCUT2D eigenvalue weighted by Gasteiger charge is -2.07. The number of fused-ring (bicyclic) bond motifs is 1. The molecule has 28 heavy (non-hydrogen) atoms. The van der Waals surface area contributed by atoms with Crippen LogP contribution in [0.1, 0.15) is 22.3 Å². The number of benzene rings is 2. The highest BCUT2D eigenvalue weighted by atomic mass is 16.5. The van der Waals surface area contributed by atoms with E-state index in [1.165, 1.54) is 7.11 Å². The number of carbonyl (C=O) groups excluding carboxylic acids is 2. The van der Waals surface area contributed by atoms with Crippen molar-refractivity contribution in [3.8, 4) is 5.75 Å². The van der Waals surface area contributed by atoms with Crippen molar-refractivity contribution in [2.75, 3.05) is 19.5 Å². The standard InChI is InChI=1S/C21H20N2O5/c1-27-17-9-5-14-11-15(20(25)23-18(14)12-17)6-10-19(24)22-16-7-3-13(4-8-16)21(26)28-2/h3-5,7-9,11-12H,6,10H2,1-2H3,(H,22,24)(H,23,25). The third kappa shape index (κ3) is 4.37. The topological polar surface area (TPSA) is 97.5 Å². The molecule has 0 unspecified atom stereocenters. The SMILES string of the molecule is COC(=O)c1ccc(NC(=O)CCc2cc3ccc(OC)cc3[nH]c2=O)cc1. The van der Waals surface area contributed by atoms with E-state index in [2.05, 4.69) is 15.0 Å². The minimum Gasteiger partial charge on any atom is -0.497 e. The van der Waals surface area contributed by atoms with Crippen LogP contribution in [0.2, 0.25) is 0 Å². The summed E-state index contributed by atoms with van der Waals surface area (Å²) in [6, 6.07) is 13.6. The molecule has 0 saturated heterocycles. The molecule has 7 nitrogen and oxygen atoms in total. The predicted molar refractivity (Wildman–Crippen MR) is 106 cm³/mol. The Kier molecular flexibility index (Phi) is 5.74. The van der Waals surface area contributed by atoms with Gasteiger partial charge in [-0.25, -0.2) is 4.79 Å². The quantitative estimate of drug-likeness (QED) is 0.641. The van der Waals surface area contributed by atoms with Crippen molar-refractivity contribution >= 4 is 28.5 Å². The molecule has 3 rings (SSSR count). The molecule has 0 atom stereocenters.